The second kappa shape index (κ2) is 8.55. The van der Waals surface area contributed by atoms with Crippen LogP contribution in [0.15, 0.2) is 42.5 Å². The fourth-order valence-corrected chi connectivity index (χ4v) is 2.81. The van der Waals surface area contributed by atoms with E-state index in [9.17, 15) is 14.9 Å². The molecule has 3 rings (SSSR count). The number of nitro groups is 1. The van der Waals surface area contributed by atoms with Crippen molar-refractivity contribution in [3.63, 3.8) is 0 Å². The number of nitro benzene ring substituents is 1. The van der Waals surface area contributed by atoms with Gasteiger partial charge in [0.15, 0.2) is 11.5 Å². The number of ether oxygens (including phenoxy) is 3. The summed E-state index contributed by atoms with van der Waals surface area (Å²) in [6.45, 7) is 1.03. The molecule has 7 nitrogen and oxygen atoms in total. The van der Waals surface area contributed by atoms with Crippen LogP contribution in [-0.2, 0) is 16.1 Å². The van der Waals surface area contributed by atoms with Gasteiger partial charge in [0.25, 0.3) is 5.69 Å². The van der Waals surface area contributed by atoms with E-state index >= 15 is 0 Å². The van der Waals surface area contributed by atoms with Gasteiger partial charge in [-0.25, -0.2) is 4.79 Å². The molecule has 2 aromatic rings. The molecule has 8 heteroatoms. The number of carbonyl (C=O) groups excluding carboxylic acids is 1. The lowest BCUT2D eigenvalue weighted by Gasteiger charge is -2.11. The number of rotatable bonds is 5. The molecule has 0 saturated carbocycles. The molecular formula is C19H16ClNO6. The zero-order chi connectivity index (χ0) is 19.2. The first kappa shape index (κ1) is 18.7. The standard InChI is InChI=1S/C19H16ClNO6/c20-15-10-13(11-17-19(15)26-9-3-8-25-17)12-27-18(22)7-6-14-4-1-2-5-16(14)21(23)24/h1-2,4-7,10-11H,3,8-9,12H2/b7-6+. The number of esters is 1. The molecule has 0 bridgehead atoms. The molecule has 1 heterocycles. The summed E-state index contributed by atoms with van der Waals surface area (Å²) in [7, 11) is 0. The Morgan fingerprint density at radius 3 is 2.85 bits per heavy atom. The summed E-state index contributed by atoms with van der Waals surface area (Å²) in [5, 5.41) is 11.4. The monoisotopic (exact) mass is 389 g/mol. The first-order chi connectivity index (χ1) is 13.0. The molecule has 2 aromatic carbocycles. The van der Waals surface area contributed by atoms with Gasteiger partial charge in [-0.3, -0.25) is 10.1 Å². The van der Waals surface area contributed by atoms with Gasteiger partial charge in [0, 0.05) is 18.6 Å². The van der Waals surface area contributed by atoms with E-state index < -0.39 is 10.9 Å². The average Bonchev–Trinajstić information content (AvgIpc) is 2.90. The van der Waals surface area contributed by atoms with Crippen molar-refractivity contribution in [2.45, 2.75) is 13.0 Å². The Labute approximate surface area is 160 Å². The number of para-hydroxylation sites is 1. The number of nitrogens with zero attached hydrogens (tertiary/aromatic N) is 1. The normalized spacial score (nSPS) is 13.2. The Hall–Kier alpha value is -3.06. The number of hydrogen-bond acceptors (Lipinski definition) is 6. The summed E-state index contributed by atoms with van der Waals surface area (Å²) >= 11 is 6.20. The van der Waals surface area contributed by atoms with E-state index in [1.807, 2.05) is 0 Å². The van der Waals surface area contributed by atoms with E-state index in [0.29, 0.717) is 40.9 Å². The van der Waals surface area contributed by atoms with E-state index in [1.54, 1.807) is 30.3 Å². The summed E-state index contributed by atoms with van der Waals surface area (Å²) in [5.41, 5.74) is 0.881. The van der Waals surface area contributed by atoms with Crippen LogP contribution in [-0.4, -0.2) is 24.1 Å². The summed E-state index contributed by atoms with van der Waals surface area (Å²) < 4.78 is 16.3. The van der Waals surface area contributed by atoms with Crippen LogP contribution in [0.5, 0.6) is 11.5 Å². The quantitative estimate of drug-likeness (QED) is 0.330. The van der Waals surface area contributed by atoms with Crippen LogP contribution in [0.4, 0.5) is 5.69 Å². The third-order valence-corrected chi connectivity index (χ3v) is 4.06. The second-order valence-electron chi connectivity index (χ2n) is 5.71. The van der Waals surface area contributed by atoms with Gasteiger partial charge in [-0.05, 0) is 29.8 Å². The highest BCUT2D eigenvalue weighted by atomic mass is 35.5. The second-order valence-corrected chi connectivity index (χ2v) is 6.12. The van der Waals surface area contributed by atoms with Crippen molar-refractivity contribution in [1.29, 1.82) is 0 Å². The fourth-order valence-electron chi connectivity index (χ4n) is 2.52. The minimum Gasteiger partial charge on any atom is -0.489 e. The molecule has 140 valence electrons. The van der Waals surface area contributed by atoms with Gasteiger partial charge < -0.3 is 14.2 Å². The summed E-state index contributed by atoms with van der Waals surface area (Å²) in [6, 6.07) is 9.48. The largest absolute Gasteiger partial charge is 0.489 e. The number of halogens is 1. The van der Waals surface area contributed by atoms with Gasteiger partial charge in [0.05, 0.1) is 28.7 Å². The van der Waals surface area contributed by atoms with Crippen molar-refractivity contribution in [3.8, 4) is 11.5 Å². The highest BCUT2D eigenvalue weighted by molar-refractivity contribution is 6.32. The van der Waals surface area contributed by atoms with E-state index in [-0.39, 0.29) is 12.3 Å². The van der Waals surface area contributed by atoms with Gasteiger partial charge in [0.1, 0.15) is 6.61 Å². The predicted molar refractivity (Wildman–Crippen MR) is 99.0 cm³/mol. The van der Waals surface area contributed by atoms with Gasteiger partial charge in [0.2, 0.25) is 0 Å². The molecule has 0 aromatic heterocycles. The topological polar surface area (TPSA) is 87.9 Å². The first-order valence-corrected chi connectivity index (χ1v) is 8.58. The van der Waals surface area contributed by atoms with Crippen molar-refractivity contribution >= 4 is 29.3 Å². The van der Waals surface area contributed by atoms with Gasteiger partial charge in [-0.2, -0.15) is 0 Å². The zero-order valence-corrected chi connectivity index (χ0v) is 15.0. The Morgan fingerprint density at radius 1 is 1.26 bits per heavy atom. The number of benzene rings is 2. The van der Waals surface area contributed by atoms with E-state index in [4.69, 9.17) is 25.8 Å². The molecule has 0 unspecified atom stereocenters. The summed E-state index contributed by atoms with van der Waals surface area (Å²) in [5.74, 6) is 0.374. The first-order valence-electron chi connectivity index (χ1n) is 8.21. The van der Waals surface area contributed by atoms with Gasteiger partial charge in [-0.15, -0.1) is 0 Å². The average molecular weight is 390 g/mol. The molecule has 0 N–H and O–H groups in total. The molecule has 0 radical (unpaired) electrons. The molecule has 27 heavy (non-hydrogen) atoms. The third-order valence-electron chi connectivity index (χ3n) is 3.78. The lowest BCUT2D eigenvalue weighted by molar-refractivity contribution is -0.385. The molecule has 0 spiro atoms. The van der Waals surface area contributed by atoms with E-state index in [0.717, 1.165) is 12.5 Å². The maximum atomic E-state index is 11.9. The van der Waals surface area contributed by atoms with Crippen LogP contribution in [0.1, 0.15) is 17.5 Å². The van der Waals surface area contributed by atoms with Crippen molar-refractivity contribution < 1.29 is 23.9 Å². The molecule has 0 amide bonds. The number of fused-ring (bicyclic) bond motifs is 1. The highest BCUT2D eigenvalue weighted by Gasteiger charge is 2.16. The van der Waals surface area contributed by atoms with Crippen LogP contribution in [0.3, 0.4) is 0 Å². The van der Waals surface area contributed by atoms with E-state index in [1.165, 1.54) is 12.1 Å². The number of carbonyl (C=O) groups is 1. The summed E-state index contributed by atoms with van der Waals surface area (Å²) in [4.78, 5) is 22.4. The molecule has 0 atom stereocenters. The van der Waals surface area contributed by atoms with Crippen LogP contribution >= 0.6 is 11.6 Å². The summed E-state index contributed by atoms with van der Waals surface area (Å²) in [6.07, 6.45) is 3.25. The highest BCUT2D eigenvalue weighted by Crippen LogP contribution is 2.38. The van der Waals surface area contributed by atoms with Crippen molar-refractivity contribution in [3.05, 3.63) is 68.7 Å². The maximum Gasteiger partial charge on any atom is 0.331 e. The molecule has 1 aliphatic rings. The van der Waals surface area contributed by atoms with Crippen LogP contribution in [0.25, 0.3) is 6.08 Å². The minimum absolute atomic E-state index is 0.0174. The van der Waals surface area contributed by atoms with Crippen molar-refractivity contribution in [2.24, 2.45) is 0 Å². The lowest BCUT2D eigenvalue weighted by atomic mass is 10.1. The molecule has 0 aliphatic carbocycles. The molecule has 0 fully saturated rings. The maximum absolute atomic E-state index is 11.9. The Bertz CT molecular complexity index is 896. The minimum atomic E-state index is -0.628. The zero-order valence-electron chi connectivity index (χ0n) is 14.2. The van der Waals surface area contributed by atoms with Crippen LogP contribution in [0, 0.1) is 10.1 Å². The van der Waals surface area contributed by atoms with Crippen molar-refractivity contribution in [1.82, 2.24) is 0 Å². The Kier molecular flexibility index (Phi) is 5.93. The third kappa shape index (κ3) is 4.77. The SMILES string of the molecule is O=C(/C=C/c1ccccc1[N+](=O)[O-])OCc1cc(Cl)c2c(c1)OCCCO2. The smallest absolute Gasteiger partial charge is 0.331 e. The number of hydrogen-bond donors (Lipinski definition) is 0. The molecule has 1 aliphatic heterocycles. The van der Waals surface area contributed by atoms with E-state index in [2.05, 4.69) is 0 Å². The predicted octanol–water partition coefficient (Wildman–Crippen LogP) is 4.17. The van der Waals surface area contributed by atoms with Crippen LogP contribution < -0.4 is 9.47 Å². The Balaban J connectivity index is 1.65. The lowest BCUT2D eigenvalue weighted by Crippen LogP contribution is -2.02. The van der Waals surface area contributed by atoms with Crippen LogP contribution in [0.2, 0.25) is 5.02 Å². The molecule has 0 saturated heterocycles. The Morgan fingerprint density at radius 2 is 2.04 bits per heavy atom. The van der Waals surface area contributed by atoms with Gasteiger partial charge >= 0.3 is 5.97 Å². The fraction of sp³-hybridized carbons (Fsp3) is 0.211. The van der Waals surface area contributed by atoms with Gasteiger partial charge in [-0.1, -0.05) is 23.7 Å². The van der Waals surface area contributed by atoms with Crippen molar-refractivity contribution in [2.75, 3.05) is 13.2 Å². The molecular weight excluding hydrogens is 374 g/mol.